The van der Waals surface area contributed by atoms with Gasteiger partial charge in [0.2, 0.25) is 0 Å². The Morgan fingerprint density at radius 3 is 2.38 bits per heavy atom. The molecule has 3 aromatic rings. The summed E-state index contributed by atoms with van der Waals surface area (Å²) >= 11 is 0. The van der Waals surface area contributed by atoms with Crippen molar-refractivity contribution < 1.29 is 19.0 Å². The van der Waals surface area contributed by atoms with Gasteiger partial charge >= 0.3 is 5.97 Å². The summed E-state index contributed by atoms with van der Waals surface area (Å²) in [5, 5.41) is 4.76. The summed E-state index contributed by atoms with van der Waals surface area (Å²) < 4.78 is 18.6. The zero-order chi connectivity index (χ0) is 32.3. The third kappa shape index (κ3) is 7.90. The SMILES string of the molecule is CCCCCCCCOC(=O)c1nn2c(c1-c1cc(OC)ccc1OC)N=C(C)/C2=N/c1ccc(N(CC)CCCC)nc1C. The number of carbonyl (C=O) groups is 1. The number of nitrogens with zero attached hydrogens (tertiary/aromatic N) is 6. The Balaban J connectivity index is 1.72. The molecule has 1 aromatic carbocycles. The quantitative estimate of drug-likeness (QED) is 0.111. The number of aliphatic imine (C=N–C) groups is 2. The smallest absolute Gasteiger partial charge is 0.359 e. The monoisotopic (exact) mass is 616 g/mol. The Morgan fingerprint density at radius 2 is 1.69 bits per heavy atom. The maximum atomic E-state index is 13.6. The van der Waals surface area contributed by atoms with Gasteiger partial charge in [0.25, 0.3) is 0 Å². The predicted octanol–water partition coefficient (Wildman–Crippen LogP) is 8.10. The fraction of sp³-hybridized carbons (Fsp3) is 0.514. The number of aromatic nitrogens is 3. The van der Waals surface area contributed by atoms with Gasteiger partial charge in [0.1, 0.15) is 17.3 Å². The summed E-state index contributed by atoms with van der Waals surface area (Å²) in [5.74, 6) is 2.63. The summed E-state index contributed by atoms with van der Waals surface area (Å²) in [6.07, 6.45) is 8.82. The van der Waals surface area contributed by atoms with E-state index in [1.807, 2.05) is 38.1 Å². The maximum absolute atomic E-state index is 13.6. The molecule has 0 saturated carbocycles. The highest BCUT2D eigenvalue weighted by Gasteiger charge is 2.33. The van der Waals surface area contributed by atoms with E-state index < -0.39 is 5.97 Å². The number of rotatable bonds is 17. The van der Waals surface area contributed by atoms with E-state index in [2.05, 4.69) is 25.7 Å². The number of unbranched alkanes of at least 4 members (excludes halogenated alkanes) is 6. The van der Waals surface area contributed by atoms with Crippen molar-refractivity contribution >= 4 is 34.8 Å². The number of pyridine rings is 1. The van der Waals surface area contributed by atoms with Gasteiger partial charge in [-0.15, -0.1) is 0 Å². The third-order valence-corrected chi connectivity index (χ3v) is 8.02. The van der Waals surface area contributed by atoms with Crippen LogP contribution in [-0.2, 0) is 4.74 Å². The van der Waals surface area contributed by atoms with Crippen LogP contribution in [0.15, 0.2) is 40.3 Å². The first-order valence-electron chi connectivity index (χ1n) is 16.3. The van der Waals surface area contributed by atoms with Gasteiger partial charge in [0.15, 0.2) is 17.3 Å². The zero-order valence-electron chi connectivity index (χ0n) is 28.0. The van der Waals surface area contributed by atoms with E-state index >= 15 is 0 Å². The highest BCUT2D eigenvalue weighted by molar-refractivity contribution is 6.44. The van der Waals surface area contributed by atoms with Crippen molar-refractivity contribution in [3.8, 4) is 22.6 Å². The summed E-state index contributed by atoms with van der Waals surface area (Å²) in [6, 6.07) is 9.43. The van der Waals surface area contributed by atoms with Crippen molar-refractivity contribution in [1.82, 2.24) is 14.8 Å². The minimum absolute atomic E-state index is 0.159. The zero-order valence-corrected chi connectivity index (χ0v) is 28.0. The van der Waals surface area contributed by atoms with Crippen LogP contribution in [0.1, 0.15) is 95.2 Å². The van der Waals surface area contributed by atoms with Crippen molar-refractivity contribution in [1.29, 1.82) is 0 Å². The van der Waals surface area contributed by atoms with Gasteiger partial charge in [0.05, 0.1) is 43.5 Å². The number of fused-ring (bicyclic) bond motifs is 1. The van der Waals surface area contributed by atoms with Crippen LogP contribution in [0.5, 0.6) is 11.5 Å². The molecule has 0 atom stereocenters. The largest absolute Gasteiger partial charge is 0.497 e. The highest BCUT2D eigenvalue weighted by atomic mass is 16.5. The molecular weight excluding hydrogens is 568 g/mol. The molecule has 10 heteroatoms. The van der Waals surface area contributed by atoms with E-state index in [1.165, 1.54) is 19.3 Å². The van der Waals surface area contributed by atoms with Crippen molar-refractivity contribution in [3.63, 3.8) is 0 Å². The Hall–Kier alpha value is -4.21. The number of methoxy groups -OCH3 is 2. The first-order valence-corrected chi connectivity index (χ1v) is 16.3. The van der Waals surface area contributed by atoms with Crippen LogP contribution >= 0.6 is 0 Å². The second kappa shape index (κ2) is 16.2. The van der Waals surface area contributed by atoms with Gasteiger partial charge in [-0.05, 0) is 63.9 Å². The number of hydrogen-bond acceptors (Lipinski definition) is 9. The topological polar surface area (TPSA) is 103 Å². The normalized spacial score (nSPS) is 13.1. The first kappa shape index (κ1) is 33.7. The summed E-state index contributed by atoms with van der Waals surface area (Å²) in [5.41, 5.74) is 3.50. The molecule has 1 aliphatic heterocycles. The van der Waals surface area contributed by atoms with Gasteiger partial charge < -0.3 is 19.1 Å². The van der Waals surface area contributed by atoms with Crippen LogP contribution in [-0.4, -0.2) is 66.2 Å². The summed E-state index contributed by atoms with van der Waals surface area (Å²) in [4.78, 5) is 30.5. The Bertz CT molecular complexity index is 1530. The molecule has 0 radical (unpaired) electrons. The number of aryl methyl sites for hydroxylation is 1. The van der Waals surface area contributed by atoms with Crippen molar-refractivity contribution in [3.05, 3.63) is 41.7 Å². The Kier molecular flexibility index (Phi) is 12.1. The van der Waals surface area contributed by atoms with E-state index in [0.717, 1.165) is 56.7 Å². The Labute approximate surface area is 267 Å². The van der Waals surface area contributed by atoms with Crippen LogP contribution in [0.3, 0.4) is 0 Å². The lowest BCUT2D eigenvalue weighted by atomic mass is 10.0. The van der Waals surface area contributed by atoms with Gasteiger partial charge in [0, 0.05) is 18.7 Å². The molecule has 0 aliphatic carbocycles. The molecule has 0 saturated heterocycles. The van der Waals surface area contributed by atoms with Crippen molar-refractivity contribution in [2.75, 3.05) is 38.8 Å². The molecule has 45 heavy (non-hydrogen) atoms. The van der Waals surface area contributed by atoms with Crippen molar-refractivity contribution in [2.45, 2.75) is 86.0 Å². The second-order valence-electron chi connectivity index (χ2n) is 11.3. The van der Waals surface area contributed by atoms with E-state index in [-0.39, 0.29) is 5.69 Å². The number of esters is 1. The lowest BCUT2D eigenvalue weighted by Crippen LogP contribution is -2.25. The van der Waals surface area contributed by atoms with E-state index in [0.29, 0.717) is 52.3 Å². The molecule has 1 aliphatic rings. The average Bonchev–Trinajstić information content (AvgIpc) is 3.56. The lowest BCUT2D eigenvalue weighted by Gasteiger charge is -2.22. The average molecular weight is 617 g/mol. The molecule has 0 bridgehead atoms. The molecule has 4 rings (SSSR count). The Morgan fingerprint density at radius 1 is 0.933 bits per heavy atom. The molecule has 242 valence electrons. The number of benzene rings is 1. The predicted molar refractivity (Wildman–Crippen MR) is 181 cm³/mol. The first-order chi connectivity index (χ1) is 21.9. The van der Waals surface area contributed by atoms with E-state index in [1.54, 1.807) is 25.0 Å². The number of carbonyl (C=O) groups excluding carboxylic acids is 1. The van der Waals surface area contributed by atoms with Crippen LogP contribution in [0, 0.1) is 6.92 Å². The second-order valence-corrected chi connectivity index (χ2v) is 11.3. The van der Waals surface area contributed by atoms with E-state index in [4.69, 9.17) is 34.3 Å². The number of ether oxygens (including phenoxy) is 3. The van der Waals surface area contributed by atoms with Gasteiger partial charge in [-0.2, -0.15) is 9.78 Å². The summed E-state index contributed by atoms with van der Waals surface area (Å²) in [6.45, 7) is 12.6. The van der Waals surface area contributed by atoms with Gasteiger partial charge in [-0.25, -0.2) is 19.8 Å². The third-order valence-electron chi connectivity index (χ3n) is 8.02. The van der Waals surface area contributed by atoms with Crippen LogP contribution in [0.25, 0.3) is 11.1 Å². The van der Waals surface area contributed by atoms with Crippen molar-refractivity contribution in [2.24, 2.45) is 9.98 Å². The minimum Gasteiger partial charge on any atom is -0.497 e. The fourth-order valence-corrected chi connectivity index (χ4v) is 5.40. The van der Waals surface area contributed by atoms with Gasteiger partial charge in [-0.1, -0.05) is 52.4 Å². The van der Waals surface area contributed by atoms with Gasteiger partial charge in [-0.3, -0.25) is 0 Å². The highest BCUT2D eigenvalue weighted by Crippen LogP contribution is 2.43. The molecule has 0 fully saturated rings. The molecule has 10 nitrogen and oxygen atoms in total. The standard InChI is InChI=1S/C35H48N6O4/c1-8-11-13-14-15-16-22-45-35(42)32-31(27-23-26(43-6)17-19-29(27)44-7)34-37-25(5)33(41(34)39-32)38-28-18-20-30(36-24(28)4)40(10-3)21-12-9-2/h17-20,23H,8-16,21-22H2,1-7H3/b38-33-. The fourth-order valence-electron chi connectivity index (χ4n) is 5.40. The maximum Gasteiger partial charge on any atom is 0.359 e. The summed E-state index contributed by atoms with van der Waals surface area (Å²) in [7, 11) is 3.19. The molecule has 0 unspecified atom stereocenters. The van der Waals surface area contributed by atoms with Crippen LogP contribution in [0.4, 0.5) is 17.3 Å². The number of anilines is 1. The molecule has 0 N–H and O–H groups in total. The van der Waals surface area contributed by atoms with Crippen LogP contribution < -0.4 is 14.4 Å². The molecular formula is C35H48N6O4. The number of hydrogen-bond donors (Lipinski definition) is 0. The molecule has 3 heterocycles. The molecule has 0 spiro atoms. The van der Waals surface area contributed by atoms with Crippen LogP contribution in [0.2, 0.25) is 0 Å². The minimum atomic E-state index is -0.508. The lowest BCUT2D eigenvalue weighted by molar-refractivity contribution is 0.0491. The molecule has 0 amide bonds. The van der Waals surface area contributed by atoms with E-state index in [9.17, 15) is 4.79 Å². The molecule has 2 aromatic heterocycles.